The standard InChI is InChI=1S/C22H15Cl2N3O/c23-18-12-7-13-19(24)21(18)25-22(28)17-14-27(16-10-5-2-6-11-16)26-20(17)15-8-3-1-4-9-15/h1-14H,(H,25,28). The molecular weight excluding hydrogens is 393 g/mol. The van der Waals surface area contributed by atoms with Gasteiger partial charge < -0.3 is 5.32 Å². The first-order valence-corrected chi connectivity index (χ1v) is 9.35. The van der Waals surface area contributed by atoms with E-state index in [-0.39, 0.29) is 5.91 Å². The van der Waals surface area contributed by atoms with Crippen LogP contribution >= 0.6 is 23.2 Å². The van der Waals surface area contributed by atoms with Gasteiger partial charge in [-0.2, -0.15) is 5.10 Å². The van der Waals surface area contributed by atoms with E-state index < -0.39 is 0 Å². The molecule has 1 amide bonds. The number of anilines is 1. The second-order valence-electron chi connectivity index (χ2n) is 6.09. The minimum Gasteiger partial charge on any atom is -0.319 e. The summed E-state index contributed by atoms with van der Waals surface area (Å²) in [6, 6.07) is 24.2. The third kappa shape index (κ3) is 3.65. The smallest absolute Gasteiger partial charge is 0.259 e. The average Bonchev–Trinajstić information content (AvgIpc) is 3.18. The zero-order valence-corrected chi connectivity index (χ0v) is 16.2. The first-order chi connectivity index (χ1) is 13.6. The van der Waals surface area contributed by atoms with E-state index in [4.69, 9.17) is 23.2 Å². The van der Waals surface area contributed by atoms with E-state index in [0.29, 0.717) is 27.0 Å². The van der Waals surface area contributed by atoms with E-state index in [1.807, 2.05) is 60.7 Å². The molecular formula is C22H15Cl2N3O. The third-order valence-electron chi connectivity index (χ3n) is 4.23. The predicted octanol–water partition coefficient (Wildman–Crippen LogP) is 6.10. The van der Waals surface area contributed by atoms with Gasteiger partial charge in [-0.1, -0.05) is 77.8 Å². The summed E-state index contributed by atoms with van der Waals surface area (Å²) >= 11 is 12.4. The van der Waals surface area contributed by atoms with Crippen LogP contribution < -0.4 is 5.32 Å². The molecule has 0 aliphatic heterocycles. The molecule has 0 saturated heterocycles. The molecule has 0 spiro atoms. The molecule has 0 saturated carbocycles. The lowest BCUT2D eigenvalue weighted by atomic mass is 10.1. The number of para-hydroxylation sites is 2. The Morgan fingerprint density at radius 3 is 2.07 bits per heavy atom. The van der Waals surface area contributed by atoms with Crippen LogP contribution in [-0.2, 0) is 0 Å². The van der Waals surface area contributed by atoms with Crippen LogP contribution in [0, 0.1) is 0 Å². The highest BCUT2D eigenvalue weighted by Crippen LogP contribution is 2.31. The van der Waals surface area contributed by atoms with Gasteiger partial charge in [0.2, 0.25) is 0 Å². The Bertz CT molecular complexity index is 1100. The number of nitrogens with one attached hydrogen (secondary N) is 1. The molecule has 1 N–H and O–H groups in total. The second kappa shape index (κ2) is 7.89. The third-order valence-corrected chi connectivity index (χ3v) is 4.86. The molecule has 0 aliphatic carbocycles. The van der Waals surface area contributed by atoms with E-state index in [1.54, 1.807) is 29.1 Å². The number of carbonyl (C=O) groups is 1. The molecule has 0 fully saturated rings. The van der Waals surface area contributed by atoms with Crippen molar-refractivity contribution in [2.75, 3.05) is 5.32 Å². The molecule has 0 aliphatic rings. The van der Waals surface area contributed by atoms with Crippen LogP contribution in [0.3, 0.4) is 0 Å². The highest BCUT2D eigenvalue weighted by atomic mass is 35.5. The van der Waals surface area contributed by atoms with Crippen molar-refractivity contribution in [2.24, 2.45) is 0 Å². The molecule has 4 nitrogen and oxygen atoms in total. The number of nitrogens with zero attached hydrogens (tertiary/aromatic N) is 2. The molecule has 3 aromatic carbocycles. The lowest BCUT2D eigenvalue weighted by Crippen LogP contribution is -2.13. The highest BCUT2D eigenvalue weighted by Gasteiger charge is 2.20. The van der Waals surface area contributed by atoms with E-state index in [1.165, 1.54) is 0 Å². The van der Waals surface area contributed by atoms with E-state index in [2.05, 4.69) is 10.4 Å². The average molecular weight is 408 g/mol. The van der Waals surface area contributed by atoms with Crippen molar-refractivity contribution in [1.29, 1.82) is 0 Å². The highest BCUT2D eigenvalue weighted by molar-refractivity contribution is 6.40. The van der Waals surface area contributed by atoms with E-state index >= 15 is 0 Å². The topological polar surface area (TPSA) is 46.9 Å². The number of hydrogen-bond acceptors (Lipinski definition) is 2. The van der Waals surface area contributed by atoms with Gasteiger partial charge in [0, 0.05) is 11.8 Å². The Balaban J connectivity index is 1.79. The van der Waals surface area contributed by atoms with Crippen LogP contribution in [0.1, 0.15) is 10.4 Å². The van der Waals surface area contributed by atoms with Gasteiger partial charge in [0.05, 0.1) is 27.0 Å². The van der Waals surface area contributed by atoms with Gasteiger partial charge in [-0.15, -0.1) is 0 Å². The summed E-state index contributed by atoms with van der Waals surface area (Å²) in [6.45, 7) is 0. The largest absolute Gasteiger partial charge is 0.319 e. The van der Waals surface area contributed by atoms with Crippen molar-refractivity contribution >= 4 is 34.8 Å². The number of benzene rings is 3. The molecule has 0 bridgehead atoms. The molecule has 1 heterocycles. The van der Waals surface area contributed by atoms with Crippen molar-refractivity contribution in [1.82, 2.24) is 9.78 Å². The zero-order valence-electron chi connectivity index (χ0n) is 14.6. The Morgan fingerprint density at radius 2 is 1.43 bits per heavy atom. The number of amides is 1. The van der Waals surface area contributed by atoms with Gasteiger partial charge >= 0.3 is 0 Å². The summed E-state index contributed by atoms with van der Waals surface area (Å²) in [5.74, 6) is -0.337. The summed E-state index contributed by atoms with van der Waals surface area (Å²) in [5.41, 5.74) is 3.07. The maximum absolute atomic E-state index is 13.1. The first kappa shape index (κ1) is 18.3. The number of carbonyl (C=O) groups excluding carboxylic acids is 1. The fourth-order valence-electron chi connectivity index (χ4n) is 2.86. The van der Waals surface area contributed by atoms with Gasteiger partial charge in [-0.3, -0.25) is 4.79 Å². The minimum atomic E-state index is -0.337. The monoisotopic (exact) mass is 407 g/mol. The quantitative estimate of drug-likeness (QED) is 0.444. The lowest BCUT2D eigenvalue weighted by molar-refractivity contribution is 0.102. The molecule has 0 radical (unpaired) electrons. The van der Waals surface area contributed by atoms with Crippen molar-refractivity contribution in [2.45, 2.75) is 0 Å². The van der Waals surface area contributed by atoms with Crippen molar-refractivity contribution in [3.63, 3.8) is 0 Å². The summed E-state index contributed by atoms with van der Waals surface area (Å²) < 4.78 is 1.69. The van der Waals surface area contributed by atoms with Crippen LogP contribution in [0.15, 0.2) is 85.1 Å². The van der Waals surface area contributed by atoms with E-state index in [0.717, 1.165) is 11.3 Å². The fraction of sp³-hybridized carbons (Fsp3) is 0. The molecule has 4 aromatic rings. The van der Waals surface area contributed by atoms with Gasteiger partial charge in [-0.05, 0) is 24.3 Å². The minimum absolute atomic E-state index is 0.337. The van der Waals surface area contributed by atoms with Gasteiger partial charge in [0.15, 0.2) is 0 Å². The Labute approximate surface area is 172 Å². The fourth-order valence-corrected chi connectivity index (χ4v) is 3.35. The molecule has 28 heavy (non-hydrogen) atoms. The number of halogens is 2. The number of hydrogen-bond donors (Lipinski definition) is 1. The Morgan fingerprint density at radius 1 is 0.821 bits per heavy atom. The summed E-state index contributed by atoms with van der Waals surface area (Å²) in [5, 5.41) is 8.21. The zero-order chi connectivity index (χ0) is 19.5. The molecule has 6 heteroatoms. The van der Waals surface area contributed by atoms with Crippen molar-refractivity contribution < 1.29 is 4.79 Å². The Kier molecular flexibility index (Phi) is 5.15. The Hall–Kier alpha value is -3.08. The predicted molar refractivity (Wildman–Crippen MR) is 113 cm³/mol. The summed E-state index contributed by atoms with van der Waals surface area (Å²) in [6.07, 6.45) is 1.71. The number of aromatic nitrogens is 2. The first-order valence-electron chi connectivity index (χ1n) is 8.59. The van der Waals surface area contributed by atoms with Crippen LogP contribution in [0.2, 0.25) is 10.0 Å². The normalized spacial score (nSPS) is 10.6. The van der Waals surface area contributed by atoms with Gasteiger partial charge in [0.1, 0.15) is 5.69 Å². The maximum Gasteiger partial charge on any atom is 0.259 e. The number of rotatable bonds is 4. The lowest BCUT2D eigenvalue weighted by Gasteiger charge is -2.09. The van der Waals surface area contributed by atoms with Crippen LogP contribution in [0.25, 0.3) is 16.9 Å². The van der Waals surface area contributed by atoms with Crippen LogP contribution in [0.4, 0.5) is 5.69 Å². The van der Waals surface area contributed by atoms with Crippen LogP contribution in [0.5, 0.6) is 0 Å². The SMILES string of the molecule is O=C(Nc1c(Cl)cccc1Cl)c1cn(-c2ccccc2)nc1-c1ccccc1. The summed E-state index contributed by atoms with van der Waals surface area (Å²) in [7, 11) is 0. The van der Waals surface area contributed by atoms with Crippen molar-refractivity contribution in [3.05, 3.63) is 101 Å². The summed E-state index contributed by atoms with van der Waals surface area (Å²) in [4.78, 5) is 13.1. The van der Waals surface area contributed by atoms with E-state index in [9.17, 15) is 4.79 Å². The van der Waals surface area contributed by atoms with Crippen LogP contribution in [-0.4, -0.2) is 15.7 Å². The van der Waals surface area contributed by atoms with Gasteiger partial charge in [-0.25, -0.2) is 4.68 Å². The molecule has 138 valence electrons. The molecule has 0 atom stereocenters. The molecule has 4 rings (SSSR count). The molecule has 0 unspecified atom stereocenters. The van der Waals surface area contributed by atoms with Gasteiger partial charge in [0.25, 0.3) is 5.91 Å². The second-order valence-corrected chi connectivity index (χ2v) is 6.90. The van der Waals surface area contributed by atoms with Crippen molar-refractivity contribution in [3.8, 4) is 16.9 Å². The maximum atomic E-state index is 13.1. The molecule has 1 aromatic heterocycles.